The summed E-state index contributed by atoms with van der Waals surface area (Å²) in [7, 11) is 1.78. The average Bonchev–Trinajstić information content (AvgIpc) is 2.61. The Bertz CT molecular complexity index is 763. The van der Waals surface area contributed by atoms with E-state index >= 15 is 0 Å². The summed E-state index contributed by atoms with van der Waals surface area (Å²) in [6.07, 6.45) is -5.56. The van der Waals surface area contributed by atoms with Crippen molar-refractivity contribution in [2.24, 2.45) is 0 Å². The van der Waals surface area contributed by atoms with Crippen LogP contribution in [0.25, 0.3) is 0 Å². The van der Waals surface area contributed by atoms with Crippen LogP contribution in [0.2, 0.25) is 0 Å². The molecule has 0 amide bonds. The van der Waals surface area contributed by atoms with Crippen molar-refractivity contribution >= 4 is 5.69 Å². The molecule has 2 aromatic rings. The molecule has 7 heteroatoms. The van der Waals surface area contributed by atoms with Crippen LogP contribution in [0.4, 0.5) is 18.9 Å². The van der Waals surface area contributed by atoms with Gasteiger partial charge in [-0.2, -0.15) is 13.2 Å². The Hall–Kier alpha value is -2.09. The number of likely N-dealkylation sites (N-methyl/N-ethyl adjacent to an activating group) is 1. The van der Waals surface area contributed by atoms with Crippen LogP contribution in [0.5, 0.6) is 0 Å². The second-order valence-electron chi connectivity index (χ2n) is 6.54. The Balaban J connectivity index is 2.18. The maximum absolute atomic E-state index is 13.4. The zero-order valence-electron chi connectivity index (χ0n) is 15.7. The first-order chi connectivity index (χ1) is 12.7. The lowest BCUT2D eigenvalue weighted by atomic mass is 10.0. The van der Waals surface area contributed by atoms with Crippen molar-refractivity contribution in [1.29, 1.82) is 0 Å². The minimum absolute atomic E-state index is 0.122. The van der Waals surface area contributed by atoms with E-state index in [9.17, 15) is 18.3 Å². The number of aliphatic hydroxyl groups excluding tert-OH is 1. The normalized spacial score (nSPS) is 12.9. The maximum Gasteiger partial charge on any atom is 0.416 e. The molecule has 2 rings (SSSR count). The number of nitrogens with one attached hydrogen (secondary N) is 3. The van der Waals surface area contributed by atoms with E-state index in [1.54, 1.807) is 19.2 Å². The summed E-state index contributed by atoms with van der Waals surface area (Å²) in [5.41, 5.74) is 2.37. The van der Waals surface area contributed by atoms with Crippen LogP contribution in [0.1, 0.15) is 34.0 Å². The van der Waals surface area contributed by atoms with Crippen molar-refractivity contribution in [3.63, 3.8) is 0 Å². The molecule has 2 aromatic carbocycles. The number of hydrogen-bond donors (Lipinski definition) is 4. The summed E-state index contributed by atoms with van der Waals surface area (Å²) < 4.78 is 40.3. The van der Waals surface area contributed by atoms with Gasteiger partial charge in [0, 0.05) is 30.9 Å². The monoisotopic (exact) mass is 381 g/mol. The van der Waals surface area contributed by atoms with Gasteiger partial charge < -0.3 is 21.1 Å². The summed E-state index contributed by atoms with van der Waals surface area (Å²) >= 11 is 0. The lowest BCUT2D eigenvalue weighted by Gasteiger charge is -2.19. The van der Waals surface area contributed by atoms with Crippen LogP contribution in [-0.2, 0) is 12.7 Å². The van der Waals surface area contributed by atoms with Gasteiger partial charge in [0.05, 0.1) is 5.56 Å². The molecule has 27 heavy (non-hydrogen) atoms. The van der Waals surface area contributed by atoms with E-state index < -0.39 is 18.0 Å². The Morgan fingerprint density at radius 3 is 2.37 bits per heavy atom. The van der Waals surface area contributed by atoms with Crippen molar-refractivity contribution in [1.82, 2.24) is 10.6 Å². The highest BCUT2D eigenvalue weighted by atomic mass is 19.4. The van der Waals surface area contributed by atoms with Crippen LogP contribution < -0.4 is 16.0 Å². The first-order valence-electron chi connectivity index (χ1n) is 8.79. The lowest BCUT2D eigenvalue weighted by molar-refractivity contribution is -0.138. The van der Waals surface area contributed by atoms with E-state index in [0.29, 0.717) is 18.7 Å². The molecule has 0 aromatic heterocycles. The number of aliphatic hydroxyl groups is 1. The minimum atomic E-state index is -4.47. The molecule has 0 aliphatic rings. The topological polar surface area (TPSA) is 56.3 Å². The highest BCUT2D eigenvalue weighted by molar-refractivity contribution is 5.51. The molecule has 4 N–H and O–H groups in total. The largest absolute Gasteiger partial charge is 0.416 e. The van der Waals surface area contributed by atoms with E-state index in [0.717, 1.165) is 17.2 Å². The van der Waals surface area contributed by atoms with Crippen LogP contribution in [0, 0.1) is 13.8 Å². The van der Waals surface area contributed by atoms with Crippen molar-refractivity contribution in [2.45, 2.75) is 32.8 Å². The van der Waals surface area contributed by atoms with E-state index in [1.165, 1.54) is 6.07 Å². The van der Waals surface area contributed by atoms with Gasteiger partial charge in [0.15, 0.2) is 6.23 Å². The molecule has 4 nitrogen and oxygen atoms in total. The Labute approximate surface area is 157 Å². The van der Waals surface area contributed by atoms with Crippen molar-refractivity contribution in [3.8, 4) is 0 Å². The van der Waals surface area contributed by atoms with Crippen LogP contribution in [-0.4, -0.2) is 25.2 Å². The van der Waals surface area contributed by atoms with Gasteiger partial charge in [-0.15, -0.1) is 0 Å². The molecular weight excluding hydrogens is 355 g/mol. The minimum Gasteiger partial charge on any atom is -0.369 e. The molecule has 0 radical (unpaired) electrons. The van der Waals surface area contributed by atoms with Crippen LogP contribution in [0.3, 0.4) is 0 Å². The second kappa shape index (κ2) is 9.21. The van der Waals surface area contributed by atoms with Gasteiger partial charge in [-0.1, -0.05) is 24.3 Å². The molecule has 0 saturated carbocycles. The lowest BCUT2D eigenvalue weighted by Crippen LogP contribution is -2.25. The summed E-state index contributed by atoms with van der Waals surface area (Å²) in [6, 6.07) is 9.47. The third kappa shape index (κ3) is 5.95. The number of alkyl halides is 3. The second-order valence-corrected chi connectivity index (χ2v) is 6.54. The number of benzene rings is 2. The first-order valence-corrected chi connectivity index (χ1v) is 8.79. The predicted molar refractivity (Wildman–Crippen MR) is 102 cm³/mol. The highest BCUT2D eigenvalue weighted by Gasteiger charge is 2.33. The molecule has 0 fully saturated rings. The number of rotatable bonds is 8. The van der Waals surface area contributed by atoms with Gasteiger partial charge in [-0.3, -0.25) is 0 Å². The average molecular weight is 381 g/mol. The smallest absolute Gasteiger partial charge is 0.369 e. The molecule has 0 spiro atoms. The fourth-order valence-electron chi connectivity index (χ4n) is 2.70. The molecular formula is C20H26F3N3O. The Kier molecular flexibility index (Phi) is 7.24. The van der Waals surface area contributed by atoms with E-state index in [2.05, 4.69) is 16.0 Å². The van der Waals surface area contributed by atoms with Crippen LogP contribution in [0.15, 0.2) is 36.4 Å². The molecule has 0 aliphatic heterocycles. The van der Waals surface area contributed by atoms with Crippen LogP contribution >= 0.6 is 0 Å². The fraction of sp³-hybridized carbons (Fsp3) is 0.400. The Morgan fingerprint density at radius 1 is 1.00 bits per heavy atom. The summed E-state index contributed by atoms with van der Waals surface area (Å²) in [6.45, 7) is 5.24. The number of hydrogen-bond acceptors (Lipinski definition) is 4. The molecule has 1 atom stereocenters. The van der Waals surface area contributed by atoms with Gasteiger partial charge in [0.25, 0.3) is 0 Å². The number of aryl methyl sites for hydroxylation is 2. The highest BCUT2D eigenvalue weighted by Crippen LogP contribution is 2.34. The van der Waals surface area contributed by atoms with E-state index in [-0.39, 0.29) is 17.8 Å². The summed E-state index contributed by atoms with van der Waals surface area (Å²) in [5, 5.41) is 19.0. The first kappa shape index (κ1) is 21.2. The third-order valence-corrected chi connectivity index (χ3v) is 4.43. The van der Waals surface area contributed by atoms with Gasteiger partial charge in [-0.05, 0) is 49.7 Å². The predicted octanol–water partition coefficient (Wildman–Crippen LogP) is 3.73. The standard InChI is InChI=1S/C20H26F3N3O/c1-13-4-5-15(10-14(13)2)19(27)26-17-7-6-16(12-25-9-8-24-3)18(11-17)20(21,22)23/h4-7,10-11,19,24-27H,8-9,12H2,1-3H3. The molecule has 0 aliphatic carbocycles. The zero-order valence-corrected chi connectivity index (χ0v) is 15.7. The maximum atomic E-state index is 13.4. The molecule has 1 unspecified atom stereocenters. The van der Waals surface area contributed by atoms with Gasteiger partial charge in [0.2, 0.25) is 0 Å². The van der Waals surface area contributed by atoms with Gasteiger partial charge in [0.1, 0.15) is 0 Å². The Morgan fingerprint density at radius 2 is 1.74 bits per heavy atom. The van der Waals surface area contributed by atoms with Crippen molar-refractivity contribution in [3.05, 3.63) is 64.2 Å². The summed E-state index contributed by atoms with van der Waals surface area (Å²) in [5.74, 6) is 0. The fourth-order valence-corrected chi connectivity index (χ4v) is 2.70. The quantitative estimate of drug-likeness (QED) is 0.416. The molecule has 0 heterocycles. The van der Waals surface area contributed by atoms with Gasteiger partial charge in [-0.25, -0.2) is 0 Å². The molecule has 0 saturated heterocycles. The SMILES string of the molecule is CNCCNCc1ccc(NC(O)c2ccc(C)c(C)c2)cc1C(F)(F)F. The number of anilines is 1. The molecule has 148 valence electrons. The van der Waals surface area contributed by atoms with E-state index in [4.69, 9.17) is 0 Å². The van der Waals surface area contributed by atoms with Gasteiger partial charge >= 0.3 is 6.18 Å². The van der Waals surface area contributed by atoms with Crippen molar-refractivity contribution in [2.75, 3.05) is 25.5 Å². The zero-order chi connectivity index (χ0) is 20.0. The van der Waals surface area contributed by atoms with Crippen molar-refractivity contribution < 1.29 is 18.3 Å². The molecule has 0 bridgehead atoms. The number of halogens is 3. The summed E-state index contributed by atoms with van der Waals surface area (Å²) in [4.78, 5) is 0. The third-order valence-electron chi connectivity index (χ3n) is 4.43. The van der Waals surface area contributed by atoms with E-state index in [1.807, 2.05) is 26.0 Å².